The number of nitriles is 1. The maximum absolute atomic E-state index is 11.2. The molecular weight excluding hydrogens is 176 g/mol. The van der Waals surface area contributed by atoms with E-state index in [9.17, 15) is 4.79 Å². The number of rotatable bonds is 3. The van der Waals surface area contributed by atoms with Gasteiger partial charge in [0.05, 0.1) is 6.07 Å². The average molecular weight is 194 g/mol. The van der Waals surface area contributed by atoms with Gasteiger partial charge in [0.2, 0.25) is 5.91 Å². The van der Waals surface area contributed by atoms with Crippen LogP contribution in [0.3, 0.4) is 0 Å². The van der Waals surface area contributed by atoms with Crippen LogP contribution in [-0.4, -0.2) is 11.9 Å². The van der Waals surface area contributed by atoms with Crippen LogP contribution in [0.25, 0.3) is 0 Å². The summed E-state index contributed by atoms with van der Waals surface area (Å²) < 4.78 is 0. The van der Waals surface area contributed by atoms with Crippen molar-refractivity contribution in [1.29, 1.82) is 5.26 Å². The molecule has 3 heteroatoms. The Morgan fingerprint density at radius 1 is 1.57 bits per heavy atom. The molecule has 1 aliphatic rings. The SMILES string of the molecule is CCC1CCC(NC(=O)CC#N)C1C. The van der Waals surface area contributed by atoms with Gasteiger partial charge in [-0.2, -0.15) is 5.26 Å². The Morgan fingerprint density at radius 3 is 2.79 bits per heavy atom. The lowest BCUT2D eigenvalue weighted by molar-refractivity contribution is -0.121. The molecule has 3 atom stereocenters. The second-order valence-electron chi connectivity index (χ2n) is 4.11. The summed E-state index contributed by atoms with van der Waals surface area (Å²) in [7, 11) is 0. The van der Waals surface area contributed by atoms with Gasteiger partial charge >= 0.3 is 0 Å². The van der Waals surface area contributed by atoms with E-state index in [2.05, 4.69) is 19.2 Å². The fourth-order valence-corrected chi connectivity index (χ4v) is 2.36. The van der Waals surface area contributed by atoms with Crippen LogP contribution >= 0.6 is 0 Å². The highest BCUT2D eigenvalue weighted by Crippen LogP contribution is 2.33. The fraction of sp³-hybridized carbons (Fsp3) is 0.818. The molecule has 1 aliphatic carbocycles. The molecule has 0 bridgehead atoms. The lowest BCUT2D eigenvalue weighted by Crippen LogP contribution is -2.37. The number of carbonyl (C=O) groups excluding carboxylic acids is 1. The molecule has 1 saturated carbocycles. The van der Waals surface area contributed by atoms with Crippen molar-refractivity contribution < 1.29 is 4.79 Å². The summed E-state index contributed by atoms with van der Waals surface area (Å²) in [4.78, 5) is 11.2. The summed E-state index contributed by atoms with van der Waals surface area (Å²) in [5.74, 6) is 1.17. The van der Waals surface area contributed by atoms with Gasteiger partial charge in [-0.25, -0.2) is 0 Å². The number of amides is 1. The zero-order valence-corrected chi connectivity index (χ0v) is 8.92. The van der Waals surface area contributed by atoms with E-state index < -0.39 is 0 Å². The summed E-state index contributed by atoms with van der Waals surface area (Å²) in [6, 6.07) is 2.16. The summed E-state index contributed by atoms with van der Waals surface area (Å²) in [5.41, 5.74) is 0. The average Bonchev–Trinajstić information content (AvgIpc) is 2.48. The van der Waals surface area contributed by atoms with Crippen molar-refractivity contribution in [1.82, 2.24) is 5.32 Å². The maximum Gasteiger partial charge on any atom is 0.234 e. The molecule has 78 valence electrons. The van der Waals surface area contributed by atoms with Crippen molar-refractivity contribution in [2.24, 2.45) is 11.8 Å². The van der Waals surface area contributed by atoms with Gasteiger partial charge < -0.3 is 5.32 Å². The Labute approximate surface area is 85.5 Å². The Hall–Kier alpha value is -1.04. The number of hydrogen-bond acceptors (Lipinski definition) is 2. The molecule has 3 nitrogen and oxygen atoms in total. The van der Waals surface area contributed by atoms with Gasteiger partial charge in [-0.1, -0.05) is 20.3 Å². The minimum absolute atomic E-state index is 0.0139. The summed E-state index contributed by atoms with van der Waals surface area (Å²) >= 11 is 0. The molecule has 14 heavy (non-hydrogen) atoms. The maximum atomic E-state index is 11.2. The first-order chi connectivity index (χ1) is 6.69. The van der Waals surface area contributed by atoms with E-state index in [1.165, 1.54) is 12.8 Å². The largest absolute Gasteiger partial charge is 0.352 e. The van der Waals surface area contributed by atoms with Crippen LogP contribution in [0.1, 0.15) is 39.5 Å². The molecular formula is C11H18N2O. The zero-order chi connectivity index (χ0) is 10.6. The smallest absolute Gasteiger partial charge is 0.234 e. The highest BCUT2D eigenvalue weighted by atomic mass is 16.1. The second-order valence-corrected chi connectivity index (χ2v) is 4.11. The van der Waals surface area contributed by atoms with E-state index in [0.717, 1.165) is 12.3 Å². The molecule has 0 radical (unpaired) electrons. The van der Waals surface area contributed by atoms with Crippen LogP contribution < -0.4 is 5.32 Å². The van der Waals surface area contributed by atoms with Crippen molar-refractivity contribution in [3.63, 3.8) is 0 Å². The molecule has 1 rings (SSSR count). The molecule has 0 aromatic rings. The van der Waals surface area contributed by atoms with Gasteiger partial charge in [0, 0.05) is 6.04 Å². The zero-order valence-electron chi connectivity index (χ0n) is 8.92. The van der Waals surface area contributed by atoms with Crippen LogP contribution in [-0.2, 0) is 4.79 Å². The van der Waals surface area contributed by atoms with Crippen molar-refractivity contribution in [3.8, 4) is 6.07 Å². The predicted octanol–water partition coefficient (Wildman–Crippen LogP) is 1.84. The first-order valence-corrected chi connectivity index (χ1v) is 5.35. The van der Waals surface area contributed by atoms with E-state index >= 15 is 0 Å². The van der Waals surface area contributed by atoms with Crippen LogP contribution in [0.15, 0.2) is 0 Å². The van der Waals surface area contributed by atoms with Crippen LogP contribution in [0.5, 0.6) is 0 Å². The summed E-state index contributed by atoms with van der Waals surface area (Å²) in [5, 5.41) is 11.3. The molecule has 0 aromatic heterocycles. The molecule has 1 N–H and O–H groups in total. The molecule has 0 spiro atoms. The molecule has 0 aliphatic heterocycles. The number of hydrogen-bond donors (Lipinski definition) is 1. The minimum atomic E-state index is -0.124. The van der Waals surface area contributed by atoms with E-state index in [1.54, 1.807) is 0 Å². The van der Waals surface area contributed by atoms with Crippen LogP contribution in [0, 0.1) is 23.2 Å². The Bertz CT molecular complexity index is 244. The highest BCUT2D eigenvalue weighted by molar-refractivity contribution is 5.78. The molecule has 1 fully saturated rings. The number of carbonyl (C=O) groups is 1. The second kappa shape index (κ2) is 4.99. The third kappa shape index (κ3) is 2.47. The van der Waals surface area contributed by atoms with Crippen molar-refractivity contribution in [3.05, 3.63) is 0 Å². The van der Waals surface area contributed by atoms with Crippen molar-refractivity contribution >= 4 is 5.91 Å². The lowest BCUT2D eigenvalue weighted by Gasteiger charge is -2.20. The van der Waals surface area contributed by atoms with Gasteiger partial charge in [-0.05, 0) is 24.7 Å². The Balaban J connectivity index is 2.40. The number of nitrogens with zero attached hydrogens (tertiary/aromatic N) is 1. The van der Waals surface area contributed by atoms with Crippen LogP contribution in [0.4, 0.5) is 0 Å². The molecule has 0 heterocycles. The molecule has 0 saturated heterocycles. The quantitative estimate of drug-likeness (QED) is 0.745. The molecule has 1 amide bonds. The lowest BCUT2D eigenvalue weighted by atomic mass is 9.93. The Morgan fingerprint density at radius 2 is 2.29 bits per heavy atom. The topological polar surface area (TPSA) is 52.9 Å². The summed E-state index contributed by atoms with van der Waals surface area (Å²) in [6.45, 7) is 4.39. The minimum Gasteiger partial charge on any atom is -0.352 e. The van der Waals surface area contributed by atoms with Gasteiger partial charge in [-0.15, -0.1) is 0 Å². The van der Waals surface area contributed by atoms with Gasteiger partial charge in [0.15, 0.2) is 0 Å². The molecule has 3 unspecified atom stereocenters. The van der Waals surface area contributed by atoms with Crippen molar-refractivity contribution in [2.45, 2.75) is 45.6 Å². The third-order valence-corrected chi connectivity index (χ3v) is 3.34. The normalized spacial score (nSPS) is 31.1. The van der Waals surface area contributed by atoms with E-state index in [4.69, 9.17) is 5.26 Å². The fourth-order valence-electron chi connectivity index (χ4n) is 2.36. The number of nitrogens with one attached hydrogen (secondary N) is 1. The third-order valence-electron chi connectivity index (χ3n) is 3.34. The monoisotopic (exact) mass is 194 g/mol. The van der Waals surface area contributed by atoms with Crippen LogP contribution in [0.2, 0.25) is 0 Å². The van der Waals surface area contributed by atoms with Gasteiger partial charge in [-0.3, -0.25) is 4.79 Å². The standard InChI is InChI=1S/C11H18N2O/c1-3-9-4-5-10(8(9)2)13-11(14)6-7-12/h8-10H,3-6H2,1-2H3,(H,13,14). The first kappa shape index (κ1) is 11.0. The van der Waals surface area contributed by atoms with Gasteiger partial charge in [0.25, 0.3) is 0 Å². The van der Waals surface area contributed by atoms with E-state index in [0.29, 0.717) is 12.0 Å². The van der Waals surface area contributed by atoms with E-state index in [1.807, 2.05) is 6.07 Å². The Kier molecular flexibility index (Phi) is 3.94. The predicted molar refractivity (Wildman–Crippen MR) is 54.3 cm³/mol. The first-order valence-electron chi connectivity index (χ1n) is 5.35. The summed E-state index contributed by atoms with van der Waals surface area (Å²) in [6.07, 6.45) is 3.44. The van der Waals surface area contributed by atoms with E-state index in [-0.39, 0.29) is 12.3 Å². The highest BCUT2D eigenvalue weighted by Gasteiger charge is 2.32. The van der Waals surface area contributed by atoms with Gasteiger partial charge in [0.1, 0.15) is 6.42 Å². The molecule has 0 aromatic carbocycles. The van der Waals surface area contributed by atoms with Crippen molar-refractivity contribution in [2.75, 3.05) is 0 Å².